The number of hydrogen-bond acceptors (Lipinski definition) is 2. The van der Waals surface area contributed by atoms with Gasteiger partial charge in [-0.2, -0.15) is 0 Å². The second-order valence-corrected chi connectivity index (χ2v) is 5.02. The highest BCUT2D eigenvalue weighted by atomic mass is 16.4. The zero-order chi connectivity index (χ0) is 12.0. The average molecular weight is 230 g/mol. The van der Waals surface area contributed by atoms with Crippen molar-refractivity contribution in [2.75, 3.05) is 0 Å². The van der Waals surface area contributed by atoms with Crippen LogP contribution in [-0.2, 0) is 9.59 Å². The van der Waals surface area contributed by atoms with Crippen LogP contribution >= 0.6 is 0 Å². The van der Waals surface area contributed by atoms with E-state index in [1.54, 1.807) is 0 Å². The van der Waals surface area contributed by atoms with Crippen LogP contribution in [0.2, 0.25) is 0 Å². The summed E-state index contributed by atoms with van der Waals surface area (Å²) in [6.07, 6.45) is 2.13. The standard InChI is InChI=1S/C14H14O3/c15-10-7-4-8-14(10)11(12(14)13(16)17)9-5-2-1-3-6-9/h1-3,5-6,11-12H,4,7-8H2,(H,16,17). The van der Waals surface area contributed by atoms with Crippen molar-refractivity contribution >= 4 is 11.8 Å². The second kappa shape index (κ2) is 3.42. The molecule has 0 aromatic heterocycles. The van der Waals surface area contributed by atoms with Gasteiger partial charge in [0, 0.05) is 12.3 Å². The van der Waals surface area contributed by atoms with E-state index < -0.39 is 17.3 Å². The van der Waals surface area contributed by atoms with Crippen LogP contribution in [0.15, 0.2) is 30.3 Å². The molecule has 17 heavy (non-hydrogen) atoms. The number of carbonyl (C=O) groups excluding carboxylic acids is 1. The van der Waals surface area contributed by atoms with Gasteiger partial charge in [-0.3, -0.25) is 9.59 Å². The first-order valence-electron chi connectivity index (χ1n) is 5.99. The van der Waals surface area contributed by atoms with Crippen molar-refractivity contribution in [3.63, 3.8) is 0 Å². The maximum Gasteiger partial charge on any atom is 0.308 e. The Labute approximate surface area is 99.5 Å². The third-order valence-electron chi connectivity index (χ3n) is 4.27. The number of benzene rings is 1. The Morgan fingerprint density at radius 2 is 2.00 bits per heavy atom. The zero-order valence-corrected chi connectivity index (χ0v) is 9.43. The molecule has 1 N–H and O–H groups in total. The summed E-state index contributed by atoms with van der Waals surface area (Å²) >= 11 is 0. The van der Waals surface area contributed by atoms with Crippen LogP contribution in [0.5, 0.6) is 0 Å². The normalized spacial score (nSPS) is 35.2. The Balaban J connectivity index is 2.01. The Morgan fingerprint density at radius 1 is 1.29 bits per heavy atom. The number of carboxylic acids is 1. The third-order valence-corrected chi connectivity index (χ3v) is 4.27. The van der Waals surface area contributed by atoms with Crippen molar-refractivity contribution in [2.45, 2.75) is 25.2 Å². The molecular formula is C14H14O3. The summed E-state index contributed by atoms with van der Waals surface area (Å²) in [5, 5.41) is 9.28. The minimum Gasteiger partial charge on any atom is -0.481 e. The summed E-state index contributed by atoms with van der Waals surface area (Å²) in [6, 6.07) is 9.58. The molecule has 1 spiro atoms. The molecule has 0 heterocycles. The van der Waals surface area contributed by atoms with E-state index in [0.717, 1.165) is 18.4 Å². The molecule has 2 saturated carbocycles. The van der Waals surface area contributed by atoms with E-state index >= 15 is 0 Å². The SMILES string of the molecule is O=C(O)C1C(c2ccccc2)C12CCCC2=O. The van der Waals surface area contributed by atoms with E-state index in [1.165, 1.54) is 0 Å². The van der Waals surface area contributed by atoms with Crippen molar-refractivity contribution in [2.24, 2.45) is 11.3 Å². The number of carboxylic acid groups (broad SMARTS) is 1. The molecule has 1 aromatic rings. The Morgan fingerprint density at radius 3 is 2.53 bits per heavy atom. The number of hydrogen-bond donors (Lipinski definition) is 1. The zero-order valence-electron chi connectivity index (χ0n) is 9.43. The monoisotopic (exact) mass is 230 g/mol. The molecule has 3 nitrogen and oxygen atoms in total. The van der Waals surface area contributed by atoms with Gasteiger partial charge in [-0.05, 0) is 18.4 Å². The number of aliphatic carboxylic acids is 1. The van der Waals surface area contributed by atoms with Crippen LogP contribution in [0.25, 0.3) is 0 Å². The lowest BCUT2D eigenvalue weighted by atomic mass is 9.96. The van der Waals surface area contributed by atoms with Crippen LogP contribution in [0.4, 0.5) is 0 Å². The average Bonchev–Trinajstić information content (AvgIpc) is 2.87. The van der Waals surface area contributed by atoms with Gasteiger partial charge in [0.15, 0.2) is 0 Å². The molecule has 1 aromatic carbocycles. The molecule has 3 atom stereocenters. The van der Waals surface area contributed by atoms with Gasteiger partial charge >= 0.3 is 5.97 Å². The van der Waals surface area contributed by atoms with Gasteiger partial charge in [0.05, 0.1) is 11.3 Å². The predicted octanol–water partition coefficient (Wildman–Crippen LogP) is 2.22. The maximum atomic E-state index is 12.0. The van der Waals surface area contributed by atoms with Crippen LogP contribution in [-0.4, -0.2) is 16.9 Å². The molecular weight excluding hydrogens is 216 g/mol. The fraction of sp³-hybridized carbons (Fsp3) is 0.429. The van der Waals surface area contributed by atoms with Crippen molar-refractivity contribution in [3.8, 4) is 0 Å². The van der Waals surface area contributed by atoms with Gasteiger partial charge in [0.1, 0.15) is 5.78 Å². The summed E-state index contributed by atoms with van der Waals surface area (Å²) in [4.78, 5) is 23.3. The summed E-state index contributed by atoms with van der Waals surface area (Å²) in [5.74, 6) is -1.27. The lowest BCUT2D eigenvalue weighted by Crippen LogP contribution is -2.15. The van der Waals surface area contributed by atoms with E-state index in [2.05, 4.69) is 0 Å². The third kappa shape index (κ3) is 1.28. The number of carbonyl (C=O) groups is 2. The summed E-state index contributed by atoms with van der Waals surface area (Å²) in [5.41, 5.74) is 0.419. The fourth-order valence-electron chi connectivity index (χ4n) is 3.52. The predicted molar refractivity (Wildman–Crippen MR) is 61.6 cm³/mol. The largest absolute Gasteiger partial charge is 0.481 e. The molecule has 2 aliphatic rings. The molecule has 2 aliphatic carbocycles. The molecule has 3 heteroatoms. The van der Waals surface area contributed by atoms with Crippen LogP contribution < -0.4 is 0 Å². The summed E-state index contributed by atoms with van der Waals surface area (Å²) in [6.45, 7) is 0. The van der Waals surface area contributed by atoms with Crippen molar-refractivity contribution in [3.05, 3.63) is 35.9 Å². The van der Waals surface area contributed by atoms with Gasteiger partial charge in [0.2, 0.25) is 0 Å². The van der Waals surface area contributed by atoms with E-state index in [4.69, 9.17) is 0 Å². The molecule has 0 saturated heterocycles. The second-order valence-electron chi connectivity index (χ2n) is 5.02. The van der Waals surface area contributed by atoms with Crippen molar-refractivity contribution in [1.29, 1.82) is 0 Å². The topological polar surface area (TPSA) is 54.4 Å². The van der Waals surface area contributed by atoms with E-state index in [1.807, 2.05) is 30.3 Å². The summed E-state index contributed by atoms with van der Waals surface area (Å²) in [7, 11) is 0. The highest BCUT2D eigenvalue weighted by molar-refractivity contribution is 5.98. The quantitative estimate of drug-likeness (QED) is 0.847. The van der Waals surface area contributed by atoms with Crippen LogP contribution in [0.1, 0.15) is 30.7 Å². The Hall–Kier alpha value is -1.64. The summed E-state index contributed by atoms with van der Waals surface area (Å²) < 4.78 is 0. The van der Waals surface area contributed by atoms with Crippen molar-refractivity contribution < 1.29 is 14.7 Å². The first-order valence-corrected chi connectivity index (χ1v) is 5.99. The molecule has 3 rings (SSSR count). The van der Waals surface area contributed by atoms with Gasteiger partial charge < -0.3 is 5.11 Å². The fourth-order valence-corrected chi connectivity index (χ4v) is 3.52. The van der Waals surface area contributed by atoms with Gasteiger partial charge in [-0.15, -0.1) is 0 Å². The molecule has 0 radical (unpaired) electrons. The lowest BCUT2D eigenvalue weighted by Gasteiger charge is -2.06. The maximum absolute atomic E-state index is 12.0. The van der Waals surface area contributed by atoms with Gasteiger partial charge in [0.25, 0.3) is 0 Å². The van der Waals surface area contributed by atoms with Crippen molar-refractivity contribution in [1.82, 2.24) is 0 Å². The number of rotatable bonds is 2. The van der Waals surface area contributed by atoms with Gasteiger partial charge in [-0.1, -0.05) is 30.3 Å². The minimum absolute atomic E-state index is 0.101. The first kappa shape index (κ1) is 10.5. The number of Topliss-reactive ketones (excluding diaryl/α,β-unsaturated/α-hetero) is 1. The molecule has 3 unspecified atom stereocenters. The highest BCUT2D eigenvalue weighted by Crippen LogP contribution is 2.70. The van der Waals surface area contributed by atoms with E-state index in [0.29, 0.717) is 6.42 Å². The molecule has 2 fully saturated rings. The van der Waals surface area contributed by atoms with Crippen LogP contribution in [0, 0.1) is 11.3 Å². The highest BCUT2D eigenvalue weighted by Gasteiger charge is 2.73. The molecule has 0 amide bonds. The lowest BCUT2D eigenvalue weighted by molar-refractivity contribution is -0.141. The molecule has 0 aliphatic heterocycles. The van der Waals surface area contributed by atoms with E-state index in [9.17, 15) is 14.7 Å². The van der Waals surface area contributed by atoms with Crippen LogP contribution in [0.3, 0.4) is 0 Å². The first-order chi connectivity index (χ1) is 8.18. The van der Waals surface area contributed by atoms with Gasteiger partial charge in [-0.25, -0.2) is 0 Å². The Kier molecular flexibility index (Phi) is 2.12. The van der Waals surface area contributed by atoms with E-state index in [-0.39, 0.29) is 11.7 Å². The Bertz CT molecular complexity index is 480. The molecule has 0 bridgehead atoms. The molecule has 88 valence electrons. The smallest absolute Gasteiger partial charge is 0.308 e. The minimum atomic E-state index is -0.825. The number of ketones is 1.